The van der Waals surface area contributed by atoms with Crippen molar-refractivity contribution < 1.29 is 19.4 Å². The van der Waals surface area contributed by atoms with Crippen molar-refractivity contribution in [2.75, 3.05) is 6.61 Å². The van der Waals surface area contributed by atoms with Gasteiger partial charge in [0.2, 0.25) is 5.91 Å². The summed E-state index contributed by atoms with van der Waals surface area (Å²) >= 11 is 0. The normalized spacial score (nSPS) is 18.2. The molecule has 2 rings (SSSR count). The maximum absolute atomic E-state index is 11.8. The summed E-state index contributed by atoms with van der Waals surface area (Å²) in [6, 6.07) is 6.52. The summed E-state index contributed by atoms with van der Waals surface area (Å²) in [4.78, 5) is 22.5. The van der Waals surface area contributed by atoms with Crippen molar-refractivity contribution in [1.29, 1.82) is 0 Å². The fourth-order valence-corrected chi connectivity index (χ4v) is 2.38. The number of carboxylic acids is 1. The number of rotatable bonds is 6. The van der Waals surface area contributed by atoms with Gasteiger partial charge in [-0.1, -0.05) is 12.1 Å². The molecule has 1 unspecified atom stereocenters. The third-order valence-corrected chi connectivity index (χ3v) is 3.66. The first-order chi connectivity index (χ1) is 10.1. The first-order valence-electron chi connectivity index (χ1n) is 7.35. The van der Waals surface area contributed by atoms with E-state index in [1.165, 1.54) is 6.42 Å². The zero-order chi connectivity index (χ0) is 15.1. The summed E-state index contributed by atoms with van der Waals surface area (Å²) in [5.41, 5.74) is 1.14. The number of carboxylic acid groups (broad SMARTS) is 1. The molecule has 1 aliphatic heterocycles. The molecule has 1 aliphatic rings. The van der Waals surface area contributed by atoms with Gasteiger partial charge in [-0.3, -0.25) is 4.79 Å². The molecule has 2 N–H and O–H groups in total. The van der Waals surface area contributed by atoms with Gasteiger partial charge in [0.15, 0.2) is 0 Å². The Balaban J connectivity index is 1.69. The molecule has 1 atom stereocenters. The van der Waals surface area contributed by atoms with Crippen LogP contribution >= 0.6 is 0 Å². The molecule has 1 fully saturated rings. The van der Waals surface area contributed by atoms with E-state index in [9.17, 15) is 9.59 Å². The van der Waals surface area contributed by atoms with Crippen LogP contribution in [0.5, 0.6) is 0 Å². The van der Waals surface area contributed by atoms with Crippen LogP contribution in [0.4, 0.5) is 0 Å². The third kappa shape index (κ3) is 5.19. The molecule has 0 saturated carbocycles. The van der Waals surface area contributed by atoms with E-state index in [2.05, 4.69) is 5.32 Å². The maximum atomic E-state index is 11.8. The van der Waals surface area contributed by atoms with Crippen LogP contribution in [0.1, 0.15) is 48.0 Å². The second kappa shape index (κ2) is 7.78. The third-order valence-electron chi connectivity index (χ3n) is 3.66. The van der Waals surface area contributed by atoms with Crippen LogP contribution < -0.4 is 5.32 Å². The van der Waals surface area contributed by atoms with Crippen molar-refractivity contribution >= 4 is 11.9 Å². The van der Waals surface area contributed by atoms with Crippen molar-refractivity contribution in [2.24, 2.45) is 0 Å². The van der Waals surface area contributed by atoms with E-state index < -0.39 is 5.97 Å². The lowest BCUT2D eigenvalue weighted by atomic mass is 10.0. The van der Waals surface area contributed by atoms with Crippen LogP contribution in [-0.4, -0.2) is 29.7 Å². The Morgan fingerprint density at radius 1 is 1.24 bits per heavy atom. The van der Waals surface area contributed by atoms with Gasteiger partial charge in [-0.25, -0.2) is 4.79 Å². The van der Waals surface area contributed by atoms with Gasteiger partial charge in [0.1, 0.15) is 0 Å². The Morgan fingerprint density at radius 3 is 2.62 bits per heavy atom. The van der Waals surface area contributed by atoms with Crippen LogP contribution in [0.15, 0.2) is 24.3 Å². The van der Waals surface area contributed by atoms with Crippen LogP contribution in [0.25, 0.3) is 0 Å². The predicted molar refractivity (Wildman–Crippen MR) is 78.1 cm³/mol. The van der Waals surface area contributed by atoms with Crippen molar-refractivity contribution in [3.8, 4) is 0 Å². The number of aromatic carboxylic acids is 1. The van der Waals surface area contributed by atoms with Gasteiger partial charge >= 0.3 is 5.97 Å². The van der Waals surface area contributed by atoms with Gasteiger partial charge in [-0.15, -0.1) is 0 Å². The summed E-state index contributed by atoms with van der Waals surface area (Å²) in [7, 11) is 0. The van der Waals surface area contributed by atoms with Crippen LogP contribution in [0.2, 0.25) is 0 Å². The number of benzene rings is 1. The Bertz CT molecular complexity index is 478. The number of carbonyl (C=O) groups excluding carboxylic acids is 1. The average Bonchev–Trinajstić information content (AvgIpc) is 2.52. The van der Waals surface area contributed by atoms with E-state index in [1.54, 1.807) is 24.3 Å². The average molecular weight is 291 g/mol. The summed E-state index contributed by atoms with van der Waals surface area (Å²) in [5.74, 6) is -0.940. The van der Waals surface area contributed by atoms with Gasteiger partial charge in [0.05, 0.1) is 11.7 Å². The highest BCUT2D eigenvalue weighted by Gasteiger charge is 2.15. The smallest absolute Gasteiger partial charge is 0.335 e. The molecule has 1 saturated heterocycles. The summed E-state index contributed by atoms with van der Waals surface area (Å²) in [6.45, 7) is 1.23. The van der Waals surface area contributed by atoms with Crippen molar-refractivity contribution in [2.45, 2.75) is 44.8 Å². The number of amides is 1. The first-order valence-corrected chi connectivity index (χ1v) is 7.35. The van der Waals surface area contributed by atoms with E-state index in [-0.39, 0.29) is 17.6 Å². The highest BCUT2D eigenvalue weighted by molar-refractivity contribution is 5.87. The Morgan fingerprint density at radius 2 is 2.00 bits per heavy atom. The summed E-state index contributed by atoms with van der Waals surface area (Å²) < 4.78 is 5.59. The number of nitrogens with one attached hydrogen (secondary N) is 1. The molecule has 0 aliphatic carbocycles. The quantitative estimate of drug-likeness (QED) is 0.843. The summed E-state index contributed by atoms with van der Waals surface area (Å²) in [5, 5.41) is 11.7. The maximum Gasteiger partial charge on any atom is 0.335 e. The summed E-state index contributed by atoms with van der Waals surface area (Å²) in [6.07, 6.45) is 4.81. The fraction of sp³-hybridized carbons (Fsp3) is 0.500. The predicted octanol–water partition coefficient (Wildman–Crippen LogP) is 2.35. The molecule has 1 aromatic rings. The molecular weight excluding hydrogens is 270 g/mol. The van der Waals surface area contributed by atoms with E-state index in [4.69, 9.17) is 9.84 Å². The van der Waals surface area contributed by atoms with Gasteiger partial charge in [-0.05, 0) is 43.4 Å². The van der Waals surface area contributed by atoms with Gasteiger partial charge < -0.3 is 15.2 Å². The molecule has 1 aromatic carbocycles. The highest BCUT2D eigenvalue weighted by atomic mass is 16.5. The zero-order valence-corrected chi connectivity index (χ0v) is 12.0. The zero-order valence-electron chi connectivity index (χ0n) is 12.0. The fourth-order valence-electron chi connectivity index (χ4n) is 2.38. The van der Waals surface area contributed by atoms with E-state index in [0.717, 1.165) is 31.4 Å². The van der Waals surface area contributed by atoms with Crippen LogP contribution in [0, 0.1) is 0 Å². The van der Waals surface area contributed by atoms with E-state index in [1.807, 2.05) is 0 Å². The molecule has 5 nitrogen and oxygen atoms in total. The lowest BCUT2D eigenvalue weighted by molar-refractivity contribution is -0.122. The molecule has 0 radical (unpaired) electrons. The Hall–Kier alpha value is -1.88. The molecular formula is C16H21NO4. The SMILES string of the molecule is O=C(CCC1CCCCO1)NCc1ccc(C(=O)O)cc1. The second-order valence-corrected chi connectivity index (χ2v) is 5.31. The number of ether oxygens (including phenoxy) is 1. The Kier molecular flexibility index (Phi) is 5.75. The van der Waals surface area contributed by atoms with Crippen molar-refractivity contribution in [3.63, 3.8) is 0 Å². The largest absolute Gasteiger partial charge is 0.478 e. The topological polar surface area (TPSA) is 75.6 Å². The van der Waals surface area contributed by atoms with Gasteiger partial charge in [0, 0.05) is 19.6 Å². The molecule has 114 valence electrons. The lowest BCUT2D eigenvalue weighted by Gasteiger charge is -2.22. The van der Waals surface area contributed by atoms with E-state index in [0.29, 0.717) is 13.0 Å². The van der Waals surface area contributed by atoms with Crippen molar-refractivity contribution in [3.05, 3.63) is 35.4 Å². The van der Waals surface area contributed by atoms with Crippen molar-refractivity contribution in [1.82, 2.24) is 5.32 Å². The van der Waals surface area contributed by atoms with Crippen LogP contribution in [0.3, 0.4) is 0 Å². The number of carbonyl (C=O) groups is 2. The second-order valence-electron chi connectivity index (χ2n) is 5.31. The minimum atomic E-state index is -0.946. The van der Waals surface area contributed by atoms with Gasteiger partial charge in [-0.2, -0.15) is 0 Å². The minimum absolute atomic E-state index is 0.00600. The molecule has 0 spiro atoms. The molecule has 21 heavy (non-hydrogen) atoms. The highest BCUT2D eigenvalue weighted by Crippen LogP contribution is 2.16. The molecule has 1 heterocycles. The Labute approximate surface area is 124 Å². The minimum Gasteiger partial charge on any atom is -0.478 e. The monoisotopic (exact) mass is 291 g/mol. The van der Waals surface area contributed by atoms with Crippen LogP contribution in [-0.2, 0) is 16.1 Å². The standard InChI is InChI=1S/C16H21NO4/c18-15(9-8-14-3-1-2-10-21-14)17-11-12-4-6-13(7-5-12)16(19)20/h4-7,14H,1-3,8-11H2,(H,17,18)(H,19,20). The lowest BCUT2D eigenvalue weighted by Crippen LogP contribution is -2.26. The number of hydrogen-bond donors (Lipinski definition) is 2. The molecule has 0 bridgehead atoms. The van der Waals surface area contributed by atoms with E-state index >= 15 is 0 Å². The number of hydrogen-bond acceptors (Lipinski definition) is 3. The molecule has 0 aromatic heterocycles. The van der Waals surface area contributed by atoms with Gasteiger partial charge in [0.25, 0.3) is 0 Å². The molecule has 1 amide bonds. The first kappa shape index (κ1) is 15.5. The molecule has 5 heteroatoms.